The fraction of sp³-hybridized carbons (Fsp3) is 0.500. The fourth-order valence-corrected chi connectivity index (χ4v) is 4.15. The normalized spacial score (nSPS) is 23.2. The monoisotopic (exact) mass is 397 g/mol. The number of carbonyl (C=O) groups is 3. The Balaban J connectivity index is 0.00000243. The first-order valence-corrected chi connectivity index (χ1v) is 9.55. The van der Waals surface area contributed by atoms with Gasteiger partial charge >= 0.3 is 0 Å². The maximum Gasteiger partial charge on any atom is 0.289 e. The molecule has 2 atom stereocenters. The molecule has 2 saturated heterocycles. The Hall–Kier alpha value is -1.57. The third-order valence-corrected chi connectivity index (χ3v) is 5.72. The second kappa shape index (κ2) is 8.88. The molecule has 0 saturated carbocycles. The van der Waals surface area contributed by atoms with E-state index in [-0.39, 0.29) is 47.8 Å². The summed E-state index contributed by atoms with van der Waals surface area (Å²) in [5.41, 5.74) is 7.23. The molecule has 2 aliphatic heterocycles. The number of hydrogen-bond donors (Lipinski definition) is 1. The van der Waals surface area contributed by atoms with Crippen LogP contribution in [-0.4, -0.2) is 51.7 Å². The molecule has 6 nitrogen and oxygen atoms in total. The molecule has 0 radical (unpaired) electrons. The summed E-state index contributed by atoms with van der Waals surface area (Å²) in [6.07, 6.45) is 1.91. The molecule has 0 bridgehead atoms. The summed E-state index contributed by atoms with van der Waals surface area (Å²) in [6.45, 7) is 3.58. The Bertz CT molecular complexity index is 684. The van der Waals surface area contributed by atoms with E-state index in [1.807, 2.05) is 11.0 Å². The van der Waals surface area contributed by atoms with Crippen LogP contribution < -0.4 is 5.73 Å². The van der Waals surface area contributed by atoms with Crippen LogP contribution in [0.3, 0.4) is 0 Å². The van der Waals surface area contributed by atoms with E-state index in [4.69, 9.17) is 5.73 Å². The number of benzene rings is 1. The molecule has 26 heavy (non-hydrogen) atoms. The van der Waals surface area contributed by atoms with E-state index in [1.54, 1.807) is 18.2 Å². The van der Waals surface area contributed by atoms with Gasteiger partial charge in [-0.15, -0.1) is 12.4 Å². The van der Waals surface area contributed by atoms with Crippen molar-refractivity contribution in [2.45, 2.75) is 32.4 Å². The van der Waals surface area contributed by atoms with E-state index < -0.39 is 0 Å². The van der Waals surface area contributed by atoms with Gasteiger partial charge in [0.15, 0.2) is 0 Å². The molecule has 3 amide bonds. The number of amides is 3. The van der Waals surface area contributed by atoms with Crippen LogP contribution in [-0.2, 0) is 11.3 Å². The number of nitrogens with zero attached hydrogens (tertiary/aromatic N) is 2. The second-order valence-corrected chi connectivity index (χ2v) is 7.68. The van der Waals surface area contributed by atoms with Crippen LogP contribution in [0.15, 0.2) is 24.3 Å². The SMILES string of the molecule is CC1CCN(C(=O)c2cccc(CN3C(=O)CSC3=O)c2)C(CN)C1.Cl. The van der Waals surface area contributed by atoms with Crippen LogP contribution >= 0.6 is 24.2 Å². The van der Waals surface area contributed by atoms with E-state index in [2.05, 4.69) is 6.92 Å². The maximum atomic E-state index is 12.9. The van der Waals surface area contributed by atoms with E-state index in [0.717, 1.165) is 30.2 Å². The minimum absolute atomic E-state index is 0. The highest BCUT2D eigenvalue weighted by atomic mass is 35.5. The molecule has 0 spiro atoms. The second-order valence-electron chi connectivity index (χ2n) is 6.75. The van der Waals surface area contributed by atoms with Gasteiger partial charge in [-0.2, -0.15) is 0 Å². The molecular weight excluding hydrogens is 374 g/mol. The molecule has 0 aliphatic carbocycles. The highest BCUT2D eigenvalue weighted by Gasteiger charge is 2.31. The van der Waals surface area contributed by atoms with Crippen molar-refractivity contribution in [3.05, 3.63) is 35.4 Å². The molecule has 2 aliphatic rings. The Labute approximate surface area is 163 Å². The van der Waals surface area contributed by atoms with Gasteiger partial charge in [-0.05, 0) is 36.5 Å². The van der Waals surface area contributed by atoms with Gasteiger partial charge in [0.25, 0.3) is 11.1 Å². The Morgan fingerprint density at radius 1 is 1.35 bits per heavy atom. The lowest BCUT2D eigenvalue weighted by atomic mass is 9.91. The lowest BCUT2D eigenvalue weighted by Crippen LogP contribution is -2.49. The lowest BCUT2D eigenvalue weighted by Gasteiger charge is -2.38. The summed E-state index contributed by atoms with van der Waals surface area (Å²) in [5.74, 6) is 0.563. The number of piperidine rings is 1. The van der Waals surface area contributed by atoms with Crippen molar-refractivity contribution >= 4 is 41.2 Å². The van der Waals surface area contributed by atoms with Gasteiger partial charge in [-0.3, -0.25) is 19.3 Å². The highest BCUT2D eigenvalue weighted by molar-refractivity contribution is 8.14. The molecule has 8 heteroatoms. The minimum Gasteiger partial charge on any atom is -0.334 e. The predicted molar refractivity (Wildman–Crippen MR) is 104 cm³/mol. The Morgan fingerprint density at radius 3 is 2.77 bits per heavy atom. The average molecular weight is 398 g/mol. The first-order chi connectivity index (χ1) is 12.0. The first-order valence-electron chi connectivity index (χ1n) is 8.56. The van der Waals surface area contributed by atoms with Gasteiger partial charge in [0.05, 0.1) is 12.3 Å². The molecule has 0 aromatic heterocycles. The largest absolute Gasteiger partial charge is 0.334 e. The number of rotatable bonds is 4. The van der Waals surface area contributed by atoms with E-state index in [9.17, 15) is 14.4 Å². The average Bonchev–Trinajstić information content (AvgIpc) is 2.93. The summed E-state index contributed by atoms with van der Waals surface area (Å²) in [5, 5.41) is -0.227. The van der Waals surface area contributed by atoms with Gasteiger partial charge in [0.2, 0.25) is 5.91 Å². The van der Waals surface area contributed by atoms with Crippen molar-refractivity contribution in [3.8, 4) is 0 Å². The molecule has 2 unspecified atom stereocenters. The van der Waals surface area contributed by atoms with Crippen LogP contribution in [0.25, 0.3) is 0 Å². The highest BCUT2D eigenvalue weighted by Crippen LogP contribution is 2.25. The molecule has 2 fully saturated rings. The third-order valence-electron chi connectivity index (χ3n) is 4.87. The standard InChI is InChI=1S/C18H23N3O3S.ClH/c1-12-5-6-20(15(7-12)9-19)17(23)14-4-2-3-13(8-14)10-21-16(22)11-25-18(21)24;/h2-4,8,12,15H,5-7,9-11,19H2,1H3;1H. The molecular formula is C18H24ClN3O3S. The zero-order valence-electron chi connectivity index (χ0n) is 14.7. The zero-order valence-corrected chi connectivity index (χ0v) is 16.4. The summed E-state index contributed by atoms with van der Waals surface area (Å²) >= 11 is 1.02. The molecule has 2 N–H and O–H groups in total. The van der Waals surface area contributed by atoms with Crippen LogP contribution in [0.4, 0.5) is 4.79 Å². The number of nitrogens with two attached hydrogens (primary N) is 1. The summed E-state index contributed by atoms with van der Waals surface area (Å²) in [6, 6.07) is 7.25. The number of halogens is 1. The summed E-state index contributed by atoms with van der Waals surface area (Å²) in [4.78, 5) is 39.5. The smallest absolute Gasteiger partial charge is 0.289 e. The fourth-order valence-electron chi connectivity index (χ4n) is 3.43. The molecule has 1 aromatic rings. The number of hydrogen-bond acceptors (Lipinski definition) is 5. The van der Waals surface area contributed by atoms with E-state index >= 15 is 0 Å². The maximum absolute atomic E-state index is 12.9. The molecule has 2 heterocycles. The number of likely N-dealkylation sites (tertiary alicyclic amines) is 1. The lowest BCUT2D eigenvalue weighted by molar-refractivity contribution is -0.125. The minimum atomic E-state index is -0.227. The van der Waals surface area contributed by atoms with Gasteiger partial charge in [0, 0.05) is 24.7 Å². The number of carbonyl (C=O) groups excluding carboxylic acids is 3. The van der Waals surface area contributed by atoms with Gasteiger partial charge in [-0.25, -0.2) is 0 Å². The van der Waals surface area contributed by atoms with Crippen LogP contribution in [0, 0.1) is 5.92 Å². The van der Waals surface area contributed by atoms with Gasteiger partial charge < -0.3 is 10.6 Å². The molecule has 1 aromatic carbocycles. The van der Waals surface area contributed by atoms with Crippen LogP contribution in [0.5, 0.6) is 0 Å². The van der Waals surface area contributed by atoms with Crippen LogP contribution in [0.2, 0.25) is 0 Å². The van der Waals surface area contributed by atoms with Gasteiger partial charge in [-0.1, -0.05) is 30.8 Å². The van der Waals surface area contributed by atoms with Crippen molar-refractivity contribution in [1.29, 1.82) is 0 Å². The van der Waals surface area contributed by atoms with Crippen molar-refractivity contribution < 1.29 is 14.4 Å². The number of thioether (sulfide) groups is 1. The third kappa shape index (κ3) is 4.39. The van der Waals surface area contributed by atoms with Crippen molar-refractivity contribution in [1.82, 2.24) is 9.80 Å². The van der Waals surface area contributed by atoms with E-state index in [1.165, 1.54) is 4.90 Å². The van der Waals surface area contributed by atoms with Crippen molar-refractivity contribution in [2.24, 2.45) is 11.7 Å². The zero-order chi connectivity index (χ0) is 18.0. The topological polar surface area (TPSA) is 83.7 Å². The van der Waals surface area contributed by atoms with Crippen molar-refractivity contribution in [3.63, 3.8) is 0 Å². The predicted octanol–water partition coefficient (Wildman–Crippen LogP) is 2.50. The van der Waals surface area contributed by atoms with Gasteiger partial charge in [0.1, 0.15) is 0 Å². The summed E-state index contributed by atoms with van der Waals surface area (Å²) in [7, 11) is 0. The summed E-state index contributed by atoms with van der Waals surface area (Å²) < 4.78 is 0. The number of imide groups is 1. The quantitative estimate of drug-likeness (QED) is 0.843. The Kier molecular flexibility index (Phi) is 7.08. The van der Waals surface area contributed by atoms with E-state index in [0.29, 0.717) is 24.6 Å². The first kappa shape index (κ1) is 20.7. The van der Waals surface area contributed by atoms with Crippen LogP contribution in [0.1, 0.15) is 35.7 Å². The Morgan fingerprint density at radius 2 is 2.12 bits per heavy atom. The molecule has 142 valence electrons. The molecule has 3 rings (SSSR count). The van der Waals surface area contributed by atoms with Crippen molar-refractivity contribution in [2.75, 3.05) is 18.8 Å².